The Morgan fingerprint density at radius 3 is 1.48 bits per heavy atom. The molecule has 4 aromatic carbocycles. The molecule has 0 aliphatic carbocycles. The number of halogens is 1. The number of fused-ring (bicyclic) bond motifs is 2. The molecular formula is C65H73ClN14O2S2Sn. The molecule has 0 bridgehead atoms. The van der Waals surface area contributed by atoms with Crippen molar-refractivity contribution in [3.63, 3.8) is 0 Å². The first-order valence-corrected chi connectivity index (χ1v) is 37.7. The van der Waals surface area contributed by atoms with Gasteiger partial charge in [-0.25, -0.2) is 34.6 Å². The molecule has 0 aliphatic rings. The van der Waals surface area contributed by atoms with Crippen molar-refractivity contribution >= 4 is 112 Å². The van der Waals surface area contributed by atoms with Gasteiger partial charge in [-0.2, -0.15) is 0 Å². The van der Waals surface area contributed by atoms with E-state index in [1.807, 2.05) is 135 Å². The molecule has 0 aliphatic heterocycles. The summed E-state index contributed by atoms with van der Waals surface area (Å²) < 4.78 is 9.78. The van der Waals surface area contributed by atoms with Crippen molar-refractivity contribution in [2.75, 3.05) is 22.1 Å². The van der Waals surface area contributed by atoms with E-state index in [0.717, 1.165) is 37.6 Å². The van der Waals surface area contributed by atoms with Crippen molar-refractivity contribution in [3.05, 3.63) is 204 Å². The van der Waals surface area contributed by atoms with Crippen LogP contribution in [-0.2, 0) is 0 Å². The predicted octanol–water partition coefficient (Wildman–Crippen LogP) is 16.4. The fraction of sp³-hybridized carbons (Fsp3) is 0.292. The maximum atomic E-state index is 14.1. The van der Waals surface area contributed by atoms with Crippen LogP contribution in [0.15, 0.2) is 144 Å². The summed E-state index contributed by atoms with van der Waals surface area (Å²) in [5, 5.41) is 11.7. The van der Waals surface area contributed by atoms with Gasteiger partial charge in [-0.05, 0) is 74.0 Å². The molecule has 0 radical (unpaired) electrons. The summed E-state index contributed by atoms with van der Waals surface area (Å²) >= 11 is 7.81. The molecule has 10 rings (SSSR count). The van der Waals surface area contributed by atoms with E-state index in [-0.39, 0.29) is 53.9 Å². The van der Waals surface area contributed by atoms with E-state index in [1.54, 1.807) is 48.8 Å². The van der Waals surface area contributed by atoms with Gasteiger partial charge in [-0.1, -0.05) is 85.8 Å². The number of nitrogens with one attached hydrogen (secondary N) is 2. The van der Waals surface area contributed by atoms with Crippen molar-refractivity contribution in [2.24, 2.45) is 0 Å². The monoisotopic (exact) mass is 1300 g/mol. The average Bonchev–Trinajstić information content (AvgIpc) is 3.06. The molecule has 0 fully saturated rings. The normalized spacial score (nSPS) is 11.7. The number of aryl methyl sites for hydroxylation is 2. The van der Waals surface area contributed by atoms with Crippen molar-refractivity contribution in [2.45, 2.75) is 120 Å². The third-order valence-corrected chi connectivity index (χ3v) is 34.9. The number of nitrogen functional groups attached to an aromatic ring is 2. The summed E-state index contributed by atoms with van der Waals surface area (Å²) in [6.45, 7) is 29.7. The van der Waals surface area contributed by atoms with Gasteiger partial charge in [0.1, 0.15) is 11.6 Å². The number of para-hydroxylation sites is 2. The van der Waals surface area contributed by atoms with Crippen molar-refractivity contribution in [3.8, 4) is 21.8 Å². The van der Waals surface area contributed by atoms with E-state index in [9.17, 15) is 9.59 Å². The molecule has 2 atom stereocenters. The first-order chi connectivity index (χ1) is 40.6. The number of benzene rings is 4. The SMILES string of the molecule is C.CCC[CH2][Sn]([CH2]CCC)([CH2]CCC)[c]1cnc(C)s1.[C-]#[N+]c1cnc(N)nc1N[C@@H](C)c1cc2cccc(-c3cnc(C)s3)c2c(=O)n1-c1ccccc1.[C-]#[N+]c1cnc(N)nc1N[C@@H](C)c1cc2cccc(Cl)c2c(=O)n1-c1ccccc1. The third-order valence-electron chi connectivity index (χ3n) is 14.6. The van der Waals surface area contributed by atoms with Crippen LogP contribution in [0.2, 0.25) is 18.3 Å². The molecule has 6 heterocycles. The number of unbranched alkanes of at least 4 members (excludes halogenated alkanes) is 3. The van der Waals surface area contributed by atoms with Crippen molar-refractivity contribution in [1.29, 1.82) is 0 Å². The van der Waals surface area contributed by atoms with E-state index in [2.05, 4.69) is 84.1 Å². The van der Waals surface area contributed by atoms with Crippen LogP contribution in [0.25, 0.3) is 53.1 Å². The molecule has 85 heavy (non-hydrogen) atoms. The van der Waals surface area contributed by atoms with Gasteiger partial charge in [0.15, 0.2) is 0 Å². The van der Waals surface area contributed by atoms with Crippen molar-refractivity contribution < 1.29 is 0 Å². The topological polar surface area (TPSA) is 206 Å². The number of aromatic nitrogens is 8. The Kier molecular flexibility index (Phi) is 22.9. The number of thiazole rings is 2. The van der Waals surface area contributed by atoms with Crippen LogP contribution in [-0.4, -0.2) is 57.4 Å². The third kappa shape index (κ3) is 15.3. The summed E-state index contributed by atoms with van der Waals surface area (Å²) in [4.78, 5) is 60.5. The van der Waals surface area contributed by atoms with Gasteiger partial charge in [0.05, 0.1) is 50.9 Å². The molecule has 10 aromatic rings. The molecule has 438 valence electrons. The summed E-state index contributed by atoms with van der Waals surface area (Å²) in [5.41, 5.74) is 15.3. The van der Waals surface area contributed by atoms with Crippen LogP contribution >= 0.6 is 34.3 Å². The summed E-state index contributed by atoms with van der Waals surface area (Å²) in [6, 6.07) is 33.2. The summed E-state index contributed by atoms with van der Waals surface area (Å²) in [7, 11) is 0. The molecule has 6 N–H and O–H groups in total. The van der Waals surface area contributed by atoms with E-state index < -0.39 is 18.4 Å². The molecule has 0 unspecified atom stereocenters. The Labute approximate surface area is 515 Å². The van der Waals surface area contributed by atoms with Crippen LogP contribution in [0.5, 0.6) is 0 Å². The number of pyridine rings is 2. The van der Waals surface area contributed by atoms with E-state index in [0.29, 0.717) is 38.8 Å². The minimum Gasteiger partial charge on any atom is -0.371 e. The van der Waals surface area contributed by atoms with E-state index in [1.165, 1.54) is 55.9 Å². The Bertz CT molecular complexity index is 4080. The van der Waals surface area contributed by atoms with Gasteiger partial charge < -0.3 is 22.1 Å². The van der Waals surface area contributed by atoms with Gasteiger partial charge in [-0.15, -0.1) is 11.3 Å². The smallest absolute Gasteiger partial charge is 0.264 e. The number of hydrogen-bond acceptors (Lipinski definition) is 14. The number of anilines is 4. The zero-order valence-electron chi connectivity index (χ0n) is 48.4. The number of rotatable bonds is 19. The van der Waals surface area contributed by atoms with Crippen LogP contribution in [0, 0.1) is 27.0 Å². The maximum Gasteiger partial charge on any atom is 0.264 e. The molecule has 0 spiro atoms. The molecule has 0 saturated carbocycles. The van der Waals surface area contributed by atoms with E-state index >= 15 is 0 Å². The number of nitrogens with two attached hydrogens (primary N) is 2. The molecule has 16 nitrogen and oxygen atoms in total. The predicted molar refractivity (Wildman–Crippen MR) is 358 cm³/mol. The second kappa shape index (κ2) is 30.2. The fourth-order valence-corrected chi connectivity index (χ4v) is 31.4. The molecule has 6 aromatic heterocycles. The first-order valence-electron chi connectivity index (χ1n) is 28.2. The van der Waals surface area contributed by atoms with Crippen LogP contribution in [0.4, 0.5) is 34.9 Å². The summed E-state index contributed by atoms with van der Waals surface area (Å²) in [5.74, 6) is 0.752. The molecule has 0 saturated heterocycles. The standard InChI is InChI=1S/C26H21N7OS.C22H17ClN6O.C4H4NS.3C4H9.CH4.Sn/c1-15(31-24-20(28-3)13-30-26(27)32-24)21-12-17-8-7-11-19(22-14-29-16(2)35-22)23(17)25(34)33(21)18-9-5-4-6-10-18;1-13(27-20-17(25-2)12-26-22(24)28-20)18-11-14-7-6-10-16(23)19(14)21(30)29(18)15-8-4-3-5-9-15;1-4-5-2-3-6-4;3*1-3-4-2;;/h4-15H,1-2H3,(H3,27,30,31,32);3-13H,1H3,(H3,24,26,27,28);2H,1H3;3*1,3-4H2,2H3;1H4;/t15-;13-;;;;;;/m00....../s1. The van der Waals surface area contributed by atoms with Crippen LogP contribution < -0.4 is 36.1 Å². The first kappa shape index (κ1) is 64.5. The molecular weight excluding hydrogens is 1230 g/mol. The second-order valence-corrected chi connectivity index (χ2v) is 37.6. The van der Waals surface area contributed by atoms with E-state index in [4.69, 9.17) is 36.2 Å². The van der Waals surface area contributed by atoms with Gasteiger partial charge in [-0.3, -0.25) is 18.7 Å². The van der Waals surface area contributed by atoms with Gasteiger partial charge in [0.2, 0.25) is 23.3 Å². The van der Waals surface area contributed by atoms with Gasteiger partial charge in [0.25, 0.3) is 11.1 Å². The Morgan fingerprint density at radius 2 is 1.05 bits per heavy atom. The zero-order valence-corrected chi connectivity index (χ0v) is 53.6. The quantitative estimate of drug-likeness (QED) is 0.0441. The van der Waals surface area contributed by atoms with Gasteiger partial charge in [0, 0.05) is 46.9 Å². The minimum atomic E-state index is -2.12. The zero-order chi connectivity index (χ0) is 59.9. The maximum absolute atomic E-state index is 14.1. The Balaban J connectivity index is 0.000000190. The minimum absolute atomic E-state index is 0. The number of hydrogen-bond donors (Lipinski definition) is 4. The average molecular weight is 1300 g/mol. The second-order valence-electron chi connectivity index (χ2n) is 20.5. The Morgan fingerprint density at radius 1 is 0.600 bits per heavy atom. The van der Waals surface area contributed by atoms with Crippen molar-refractivity contribution in [1.82, 2.24) is 39.0 Å². The number of nitrogens with zero attached hydrogens (tertiary/aromatic N) is 10. The largest absolute Gasteiger partial charge is 0.371 e. The van der Waals surface area contributed by atoms with Crippen LogP contribution in [0.3, 0.4) is 0 Å². The Hall–Kier alpha value is -8.01. The van der Waals surface area contributed by atoms with Crippen LogP contribution in [0.1, 0.15) is 114 Å². The molecule has 20 heteroatoms. The molecule has 0 amide bonds. The fourth-order valence-electron chi connectivity index (χ4n) is 10.3. The van der Waals surface area contributed by atoms with Gasteiger partial charge >= 0.3 is 128 Å². The summed E-state index contributed by atoms with van der Waals surface area (Å²) in [6.07, 6.45) is 15.2.